The fourth-order valence-electron chi connectivity index (χ4n) is 4.75. The molecular weight excluding hydrogens is 538 g/mol. The molecule has 1 aromatic carbocycles. The van der Waals surface area contributed by atoms with Gasteiger partial charge in [0, 0.05) is 39.9 Å². The summed E-state index contributed by atoms with van der Waals surface area (Å²) < 4.78 is 30.8. The van der Waals surface area contributed by atoms with Crippen molar-refractivity contribution in [2.75, 3.05) is 32.2 Å². The van der Waals surface area contributed by atoms with E-state index in [2.05, 4.69) is 44.2 Å². The Morgan fingerprint density at radius 3 is 2.69 bits per heavy atom. The van der Waals surface area contributed by atoms with E-state index in [1.165, 1.54) is 6.33 Å². The molecule has 1 N–H and O–H groups in total. The average molecular weight is 567 g/mol. The number of anilines is 1. The highest BCUT2D eigenvalue weighted by molar-refractivity contribution is 9.12. The molecule has 2 saturated heterocycles. The molecular formula is C25H29BrClN3O5. The second-order valence-electron chi connectivity index (χ2n) is 8.89. The molecule has 3 unspecified atom stereocenters. The summed E-state index contributed by atoms with van der Waals surface area (Å²) in [6.07, 6.45) is 6.00. The number of aromatic nitrogens is 2. The van der Waals surface area contributed by atoms with Gasteiger partial charge in [0.25, 0.3) is 0 Å². The monoisotopic (exact) mass is 565 g/mol. The SMILES string of the molecule is CCO[C@H]1COC2C[C@@H]1OC[C@@H]2Oc1cc2ncnc(NC3C=CC(Br)=C(Cl)C3C)c2cc1OC. The summed E-state index contributed by atoms with van der Waals surface area (Å²) in [5, 5.41) is 5.09. The number of nitrogens with zero attached hydrogens (tertiary/aromatic N) is 2. The Bertz CT molecular complexity index is 1150. The highest BCUT2D eigenvalue weighted by atomic mass is 79.9. The smallest absolute Gasteiger partial charge is 0.164 e. The topological polar surface area (TPSA) is 84.0 Å². The van der Waals surface area contributed by atoms with Crippen molar-refractivity contribution in [2.45, 2.75) is 50.7 Å². The zero-order valence-corrected chi connectivity index (χ0v) is 22.2. The molecule has 2 bridgehead atoms. The number of fused-ring (bicyclic) bond motifs is 3. The lowest BCUT2D eigenvalue weighted by molar-refractivity contribution is -0.223. The number of methoxy groups -OCH3 is 1. The molecule has 1 aromatic heterocycles. The van der Waals surface area contributed by atoms with Gasteiger partial charge in [-0.05, 0) is 35.0 Å². The summed E-state index contributed by atoms with van der Waals surface area (Å²) in [7, 11) is 1.62. The summed E-state index contributed by atoms with van der Waals surface area (Å²) in [6, 6.07) is 3.76. The maximum absolute atomic E-state index is 6.46. The standard InChI is InChI=1S/C25H29BrClN3O5/c1-4-32-22-10-33-20-9-19(22)34-11-23(20)35-21-8-17-14(7-18(21)31-3)25(29-12-28-17)30-16-6-5-15(26)24(27)13(16)2/h5-8,12-13,16,19-20,22-23H,4,9-11H2,1-3H3,(H,28,29,30)/t13?,16?,19-,20?,22-,23-/m0/s1. The largest absolute Gasteiger partial charge is 0.493 e. The van der Waals surface area contributed by atoms with Gasteiger partial charge in [0.05, 0.1) is 44.1 Å². The maximum atomic E-state index is 6.46. The molecule has 10 heteroatoms. The minimum atomic E-state index is -0.250. The normalized spacial score (nSPS) is 30.4. The zero-order valence-electron chi connectivity index (χ0n) is 19.9. The van der Waals surface area contributed by atoms with Gasteiger partial charge >= 0.3 is 0 Å². The second kappa shape index (κ2) is 10.6. The van der Waals surface area contributed by atoms with Crippen molar-refractivity contribution in [3.05, 3.63) is 40.1 Å². The van der Waals surface area contributed by atoms with Crippen LogP contribution in [-0.2, 0) is 14.2 Å². The number of hydrogen-bond acceptors (Lipinski definition) is 8. The molecule has 0 amide bonds. The van der Waals surface area contributed by atoms with Gasteiger partial charge in [-0.1, -0.05) is 24.6 Å². The van der Waals surface area contributed by atoms with Crippen LogP contribution in [0.3, 0.4) is 0 Å². The number of halogens is 2. The predicted octanol–water partition coefficient (Wildman–Crippen LogP) is 4.81. The Hall–Kier alpha value is -1.91. The van der Waals surface area contributed by atoms with Crippen LogP contribution in [0.15, 0.2) is 40.1 Å². The molecule has 1 aliphatic carbocycles. The molecule has 3 aliphatic rings. The third kappa shape index (κ3) is 5.02. The van der Waals surface area contributed by atoms with Crippen LogP contribution in [0.25, 0.3) is 10.9 Å². The van der Waals surface area contributed by atoms with Crippen LogP contribution in [0.2, 0.25) is 0 Å². The molecule has 3 heterocycles. The van der Waals surface area contributed by atoms with Crippen molar-refractivity contribution in [2.24, 2.45) is 5.92 Å². The lowest BCUT2D eigenvalue weighted by Gasteiger charge is -2.43. The number of nitrogens with one attached hydrogen (secondary N) is 1. The highest BCUT2D eigenvalue weighted by Gasteiger charge is 2.42. The van der Waals surface area contributed by atoms with Crippen LogP contribution < -0.4 is 14.8 Å². The van der Waals surface area contributed by atoms with E-state index in [4.69, 9.17) is 35.3 Å². The van der Waals surface area contributed by atoms with E-state index in [1.807, 2.05) is 25.1 Å². The van der Waals surface area contributed by atoms with Crippen LogP contribution in [0.1, 0.15) is 20.3 Å². The molecule has 0 spiro atoms. The molecule has 5 rings (SSSR count). The first kappa shape index (κ1) is 24.8. The Morgan fingerprint density at radius 1 is 1.14 bits per heavy atom. The van der Waals surface area contributed by atoms with Crippen molar-refractivity contribution in [3.8, 4) is 11.5 Å². The Labute approximate surface area is 218 Å². The van der Waals surface area contributed by atoms with Crippen LogP contribution in [0.4, 0.5) is 5.82 Å². The molecule has 188 valence electrons. The Kier molecular flexibility index (Phi) is 7.50. The minimum Gasteiger partial charge on any atom is -0.493 e. The number of hydrogen-bond donors (Lipinski definition) is 1. The van der Waals surface area contributed by atoms with E-state index in [1.54, 1.807) is 7.11 Å². The predicted molar refractivity (Wildman–Crippen MR) is 138 cm³/mol. The third-order valence-corrected chi connectivity index (χ3v) is 8.21. The second-order valence-corrected chi connectivity index (χ2v) is 10.1. The van der Waals surface area contributed by atoms with E-state index in [-0.39, 0.29) is 36.4 Å². The summed E-state index contributed by atoms with van der Waals surface area (Å²) in [5.74, 6) is 1.96. The molecule has 2 aliphatic heterocycles. The molecule has 0 saturated carbocycles. The molecule has 8 nitrogen and oxygen atoms in total. The van der Waals surface area contributed by atoms with E-state index >= 15 is 0 Å². The first-order chi connectivity index (χ1) is 17.0. The summed E-state index contributed by atoms with van der Waals surface area (Å²) in [6.45, 7) is 5.62. The summed E-state index contributed by atoms with van der Waals surface area (Å²) in [5.41, 5.74) is 0.740. The highest BCUT2D eigenvalue weighted by Crippen LogP contribution is 2.38. The third-order valence-electron chi connectivity index (χ3n) is 6.74. The van der Waals surface area contributed by atoms with Gasteiger partial charge < -0.3 is 29.0 Å². The number of rotatable bonds is 7. The van der Waals surface area contributed by atoms with Gasteiger partial charge in [-0.25, -0.2) is 9.97 Å². The molecule has 2 fully saturated rings. The van der Waals surface area contributed by atoms with Crippen LogP contribution in [0, 0.1) is 5.92 Å². The van der Waals surface area contributed by atoms with Gasteiger partial charge in [0.2, 0.25) is 0 Å². The Morgan fingerprint density at radius 2 is 1.91 bits per heavy atom. The van der Waals surface area contributed by atoms with Crippen molar-refractivity contribution in [3.63, 3.8) is 0 Å². The Balaban J connectivity index is 1.36. The lowest BCUT2D eigenvalue weighted by atomic mass is 9.96. The van der Waals surface area contributed by atoms with Crippen LogP contribution in [0.5, 0.6) is 11.5 Å². The average Bonchev–Trinajstić information content (AvgIpc) is 2.87. The molecule has 2 aromatic rings. The van der Waals surface area contributed by atoms with Crippen molar-refractivity contribution in [1.82, 2.24) is 9.97 Å². The fourth-order valence-corrected chi connectivity index (χ4v) is 5.46. The van der Waals surface area contributed by atoms with E-state index in [0.29, 0.717) is 37.1 Å². The minimum absolute atomic E-state index is 0.0138. The summed E-state index contributed by atoms with van der Waals surface area (Å²) in [4.78, 5) is 8.96. The van der Waals surface area contributed by atoms with E-state index in [0.717, 1.165) is 26.8 Å². The quantitative estimate of drug-likeness (QED) is 0.511. The number of benzene rings is 1. The van der Waals surface area contributed by atoms with Crippen LogP contribution >= 0.6 is 27.5 Å². The summed E-state index contributed by atoms with van der Waals surface area (Å²) >= 11 is 9.96. The van der Waals surface area contributed by atoms with Crippen molar-refractivity contribution in [1.29, 1.82) is 0 Å². The first-order valence-corrected chi connectivity index (χ1v) is 13.0. The molecule has 0 radical (unpaired) electrons. The van der Waals surface area contributed by atoms with Crippen molar-refractivity contribution >= 4 is 44.3 Å². The molecule has 6 atom stereocenters. The van der Waals surface area contributed by atoms with Crippen molar-refractivity contribution < 1.29 is 23.7 Å². The van der Waals surface area contributed by atoms with Crippen LogP contribution in [-0.4, -0.2) is 67.4 Å². The number of allylic oxidation sites excluding steroid dienone is 2. The van der Waals surface area contributed by atoms with Gasteiger partial charge in [0.1, 0.15) is 24.4 Å². The first-order valence-electron chi connectivity index (χ1n) is 11.8. The van der Waals surface area contributed by atoms with Gasteiger partial charge in [-0.3, -0.25) is 0 Å². The van der Waals surface area contributed by atoms with E-state index in [9.17, 15) is 0 Å². The maximum Gasteiger partial charge on any atom is 0.164 e. The van der Waals surface area contributed by atoms with Gasteiger partial charge in [0.15, 0.2) is 11.5 Å². The number of ether oxygens (including phenoxy) is 5. The lowest BCUT2D eigenvalue weighted by Crippen LogP contribution is -2.55. The zero-order chi connectivity index (χ0) is 24.5. The fraction of sp³-hybridized carbons (Fsp3) is 0.520. The molecule has 35 heavy (non-hydrogen) atoms. The van der Waals surface area contributed by atoms with Gasteiger partial charge in [-0.15, -0.1) is 0 Å². The van der Waals surface area contributed by atoms with Gasteiger partial charge in [-0.2, -0.15) is 0 Å². The van der Waals surface area contributed by atoms with E-state index < -0.39 is 0 Å².